The fraction of sp³-hybridized carbons (Fsp3) is 0.857. The highest BCUT2D eigenvalue weighted by Crippen LogP contribution is 2.10. The van der Waals surface area contributed by atoms with Gasteiger partial charge in [-0.05, 0) is 12.8 Å². The zero-order chi connectivity index (χ0) is 8.27. The summed E-state index contributed by atoms with van der Waals surface area (Å²) in [5.74, 6) is 0.0910. The molecule has 2 N–H and O–H groups in total. The highest BCUT2D eigenvalue weighted by molar-refractivity contribution is 7.81. The van der Waals surface area contributed by atoms with Crippen LogP contribution in [0, 0.1) is 0 Å². The summed E-state index contributed by atoms with van der Waals surface area (Å²) < 4.78 is 0. The Morgan fingerprint density at radius 3 is 2.55 bits per heavy atom. The van der Waals surface area contributed by atoms with Gasteiger partial charge in [0.1, 0.15) is 0 Å². The van der Waals surface area contributed by atoms with Gasteiger partial charge in [0.25, 0.3) is 0 Å². The molecule has 0 radical (unpaired) electrons. The zero-order valence-corrected chi connectivity index (χ0v) is 7.39. The van der Waals surface area contributed by atoms with Crippen LogP contribution < -0.4 is 5.73 Å². The molecule has 1 saturated heterocycles. The lowest BCUT2D eigenvalue weighted by atomic mass is 10.3. The van der Waals surface area contributed by atoms with E-state index < -0.39 is 0 Å². The summed E-state index contributed by atoms with van der Waals surface area (Å²) in [5, 5.41) is -0.298. The van der Waals surface area contributed by atoms with Crippen molar-refractivity contribution in [1.82, 2.24) is 4.90 Å². The molecule has 0 aliphatic carbocycles. The Labute approximate surface area is 72.3 Å². The van der Waals surface area contributed by atoms with E-state index in [4.69, 9.17) is 5.73 Å². The first-order valence-electron chi connectivity index (χ1n) is 3.92. The number of likely N-dealkylation sites (tertiary alicyclic amines) is 1. The Morgan fingerprint density at radius 2 is 2.09 bits per heavy atom. The van der Waals surface area contributed by atoms with Crippen LogP contribution in [0.2, 0.25) is 0 Å². The SMILES string of the molecule is NCC(S)C(=O)N1CCCC1. The second-order valence-corrected chi connectivity index (χ2v) is 3.41. The van der Waals surface area contributed by atoms with Gasteiger partial charge in [0.05, 0.1) is 5.25 Å². The first kappa shape index (κ1) is 8.87. The molecule has 0 saturated carbocycles. The Balaban J connectivity index is 2.39. The van der Waals surface area contributed by atoms with Crippen LogP contribution >= 0.6 is 12.6 Å². The molecule has 3 nitrogen and oxygen atoms in total. The van der Waals surface area contributed by atoms with Gasteiger partial charge in [-0.15, -0.1) is 0 Å². The summed E-state index contributed by atoms with van der Waals surface area (Å²) in [6, 6.07) is 0. The second kappa shape index (κ2) is 3.97. The molecule has 11 heavy (non-hydrogen) atoms. The number of amides is 1. The van der Waals surface area contributed by atoms with Crippen molar-refractivity contribution in [3.05, 3.63) is 0 Å². The van der Waals surface area contributed by atoms with Crippen molar-refractivity contribution in [3.8, 4) is 0 Å². The molecule has 1 amide bonds. The van der Waals surface area contributed by atoms with Crippen LogP contribution in [0.15, 0.2) is 0 Å². The first-order chi connectivity index (χ1) is 5.25. The fourth-order valence-corrected chi connectivity index (χ4v) is 1.41. The van der Waals surface area contributed by atoms with Gasteiger partial charge >= 0.3 is 0 Å². The van der Waals surface area contributed by atoms with Gasteiger partial charge in [0.2, 0.25) is 5.91 Å². The van der Waals surface area contributed by atoms with E-state index in [2.05, 4.69) is 12.6 Å². The van der Waals surface area contributed by atoms with E-state index in [1.54, 1.807) is 0 Å². The lowest BCUT2D eigenvalue weighted by Gasteiger charge is -2.18. The van der Waals surface area contributed by atoms with Gasteiger partial charge in [-0.25, -0.2) is 0 Å². The fourth-order valence-electron chi connectivity index (χ4n) is 1.25. The second-order valence-electron chi connectivity index (χ2n) is 2.78. The van der Waals surface area contributed by atoms with Gasteiger partial charge in [-0.3, -0.25) is 4.79 Å². The standard InChI is InChI=1S/C7H14N2OS/c8-5-6(11)7(10)9-3-1-2-4-9/h6,11H,1-5,8H2. The molecule has 0 bridgehead atoms. The summed E-state index contributed by atoms with van der Waals surface area (Å²) in [7, 11) is 0. The van der Waals surface area contributed by atoms with Crippen LogP contribution in [-0.4, -0.2) is 35.7 Å². The number of hydrogen-bond acceptors (Lipinski definition) is 3. The van der Waals surface area contributed by atoms with E-state index in [1.807, 2.05) is 4.90 Å². The van der Waals surface area contributed by atoms with Crippen molar-refractivity contribution in [3.63, 3.8) is 0 Å². The van der Waals surface area contributed by atoms with Crippen molar-refractivity contribution < 1.29 is 4.79 Å². The maximum atomic E-state index is 11.3. The van der Waals surface area contributed by atoms with Crippen LogP contribution in [0.3, 0.4) is 0 Å². The summed E-state index contributed by atoms with van der Waals surface area (Å²) in [6.07, 6.45) is 2.24. The van der Waals surface area contributed by atoms with Crippen molar-refractivity contribution in [2.75, 3.05) is 19.6 Å². The van der Waals surface area contributed by atoms with E-state index in [0.29, 0.717) is 6.54 Å². The maximum absolute atomic E-state index is 11.3. The monoisotopic (exact) mass is 174 g/mol. The predicted octanol–water partition coefficient (Wildman–Crippen LogP) is -0.134. The van der Waals surface area contributed by atoms with Gasteiger partial charge in [-0.1, -0.05) is 0 Å². The molecule has 1 heterocycles. The molecule has 0 aromatic heterocycles. The molecule has 4 heteroatoms. The Bertz CT molecular complexity index is 145. The number of carbonyl (C=O) groups excluding carboxylic acids is 1. The Morgan fingerprint density at radius 1 is 1.55 bits per heavy atom. The molecule has 0 spiro atoms. The molecule has 0 aromatic rings. The number of nitrogens with zero attached hydrogens (tertiary/aromatic N) is 1. The van der Waals surface area contributed by atoms with Gasteiger partial charge in [0, 0.05) is 19.6 Å². The van der Waals surface area contributed by atoms with Gasteiger partial charge in [-0.2, -0.15) is 12.6 Å². The van der Waals surface area contributed by atoms with Crippen molar-refractivity contribution in [2.45, 2.75) is 18.1 Å². The van der Waals surface area contributed by atoms with E-state index >= 15 is 0 Å². The normalized spacial score (nSPS) is 20.4. The topological polar surface area (TPSA) is 46.3 Å². The summed E-state index contributed by atoms with van der Waals surface area (Å²) in [6.45, 7) is 2.10. The number of nitrogens with two attached hydrogens (primary N) is 1. The minimum Gasteiger partial charge on any atom is -0.342 e. The molecule has 1 atom stereocenters. The highest BCUT2D eigenvalue weighted by atomic mass is 32.1. The molecule has 1 aliphatic heterocycles. The van der Waals surface area contributed by atoms with Gasteiger partial charge < -0.3 is 10.6 Å². The van der Waals surface area contributed by atoms with Gasteiger partial charge in [0.15, 0.2) is 0 Å². The van der Waals surface area contributed by atoms with Crippen LogP contribution in [0.5, 0.6) is 0 Å². The number of hydrogen-bond donors (Lipinski definition) is 2. The average molecular weight is 174 g/mol. The Hall–Kier alpha value is -0.220. The zero-order valence-electron chi connectivity index (χ0n) is 6.49. The smallest absolute Gasteiger partial charge is 0.236 e. The number of thiol groups is 1. The third-order valence-corrected chi connectivity index (χ3v) is 2.36. The molecule has 1 rings (SSSR count). The van der Waals surface area contributed by atoms with Crippen LogP contribution in [0.4, 0.5) is 0 Å². The summed E-state index contributed by atoms with van der Waals surface area (Å²) in [4.78, 5) is 13.2. The molecule has 64 valence electrons. The third-order valence-electron chi connectivity index (χ3n) is 1.93. The number of carbonyl (C=O) groups is 1. The lowest BCUT2D eigenvalue weighted by molar-refractivity contribution is -0.129. The largest absolute Gasteiger partial charge is 0.342 e. The van der Waals surface area contributed by atoms with E-state index in [9.17, 15) is 4.79 Å². The first-order valence-corrected chi connectivity index (χ1v) is 4.44. The minimum absolute atomic E-state index is 0.0910. The third kappa shape index (κ3) is 2.10. The molecule has 1 fully saturated rings. The van der Waals surface area contributed by atoms with E-state index in [-0.39, 0.29) is 11.2 Å². The molecule has 0 aromatic carbocycles. The maximum Gasteiger partial charge on any atom is 0.236 e. The van der Waals surface area contributed by atoms with Crippen LogP contribution in [0.25, 0.3) is 0 Å². The van der Waals surface area contributed by atoms with Crippen molar-refractivity contribution in [2.24, 2.45) is 5.73 Å². The predicted molar refractivity (Wildman–Crippen MR) is 47.6 cm³/mol. The van der Waals surface area contributed by atoms with Crippen molar-refractivity contribution >= 4 is 18.5 Å². The summed E-state index contributed by atoms with van der Waals surface area (Å²) >= 11 is 4.08. The molecular formula is C7H14N2OS. The van der Waals surface area contributed by atoms with Crippen LogP contribution in [0.1, 0.15) is 12.8 Å². The average Bonchev–Trinajstić information content (AvgIpc) is 2.53. The van der Waals surface area contributed by atoms with Crippen LogP contribution in [-0.2, 0) is 4.79 Å². The molecule has 1 unspecified atom stereocenters. The Kier molecular flexibility index (Phi) is 3.20. The lowest BCUT2D eigenvalue weighted by Crippen LogP contribution is -2.38. The highest BCUT2D eigenvalue weighted by Gasteiger charge is 2.22. The molecule has 1 aliphatic rings. The van der Waals surface area contributed by atoms with Crippen molar-refractivity contribution in [1.29, 1.82) is 0 Å². The van der Waals surface area contributed by atoms with E-state index in [0.717, 1.165) is 25.9 Å². The summed E-state index contributed by atoms with van der Waals surface area (Å²) in [5.41, 5.74) is 5.32. The number of rotatable bonds is 2. The molecular weight excluding hydrogens is 160 g/mol. The quantitative estimate of drug-likeness (QED) is 0.573. The minimum atomic E-state index is -0.298. The van der Waals surface area contributed by atoms with E-state index in [1.165, 1.54) is 0 Å².